The zero-order valence-electron chi connectivity index (χ0n) is 20.3. The third-order valence-electron chi connectivity index (χ3n) is 7.18. The Balaban J connectivity index is 1.31. The Morgan fingerprint density at radius 2 is 1.70 bits per heavy atom. The van der Waals surface area contributed by atoms with Crippen molar-refractivity contribution in [3.05, 3.63) is 95.0 Å². The molecule has 3 atom stereocenters. The molecule has 3 fully saturated rings. The summed E-state index contributed by atoms with van der Waals surface area (Å²) in [5, 5.41) is 1.10. The Bertz CT molecular complexity index is 1300. The number of nitrogens with one attached hydrogen (secondary N) is 1. The van der Waals surface area contributed by atoms with Crippen molar-refractivity contribution in [2.75, 3.05) is 24.6 Å². The molecular weight excluding hydrogens is 506 g/mol. The number of morpholine rings is 1. The van der Waals surface area contributed by atoms with Crippen molar-refractivity contribution < 1.29 is 14.3 Å². The number of amides is 2. The SMILES string of the molecule is O=C1NN(C(c2ccccc2)c2cccc(N3CCOC(C4CC4)C3)c2)C(=O)C1Sc1ccccc1Cl. The summed E-state index contributed by atoms with van der Waals surface area (Å²) in [5.41, 5.74) is 5.84. The standard InChI is InChI=1S/C29H28ClN3O3S/c30-23-11-4-5-12-25(23)37-27-28(34)31-33(29(27)35)26(20-7-2-1-3-8-20)21-9-6-10-22(17-21)32-15-16-36-24(18-32)19-13-14-19/h1-12,17,19,24,26-27H,13-16,18H2,(H,31,34). The Morgan fingerprint density at radius 1 is 0.946 bits per heavy atom. The highest BCUT2D eigenvalue weighted by molar-refractivity contribution is 8.01. The van der Waals surface area contributed by atoms with E-state index in [-0.39, 0.29) is 17.9 Å². The number of hydrazine groups is 1. The predicted octanol–water partition coefficient (Wildman–Crippen LogP) is 5.08. The number of nitrogens with zero attached hydrogens (tertiary/aromatic N) is 2. The number of rotatable bonds is 7. The van der Waals surface area contributed by atoms with Gasteiger partial charge in [0.05, 0.1) is 17.7 Å². The van der Waals surface area contributed by atoms with Gasteiger partial charge in [-0.15, -0.1) is 11.8 Å². The average molecular weight is 534 g/mol. The van der Waals surface area contributed by atoms with Crippen LogP contribution in [0.25, 0.3) is 0 Å². The molecule has 190 valence electrons. The normalized spacial score (nSPS) is 22.7. The van der Waals surface area contributed by atoms with E-state index in [1.807, 2.05) is 60.7 Å². The van der Waals surface area contributed by atoms with Crippen LogP contribution < -0.4 is 10.3 Å². The van der Waals surface area contributed by atoms with Gasteiger partial charge >= 0.3 is 0 Å². The van der Waals surface area contributed by atoms with Crippen molar-refractivity contribution in [2.45, 2.75) is 35.1 Å². The van der Waals surface area contributed by atoms with Crippen LogP contribution in [-0.2, 0) is 14.3 Å². The smallest absolute Gasteiger partial charge is 0.265 e. The van der Waals surface area contributed by atoms with E-state index in [0.29, 0.717) is 15.8 Å². The molecule has 0 spiro atoms. The number of benzene rings is 3. The van der Waals surface area contributed by atoms with Gasteiger partial charge in [0, 0.05) is 23.7 Å². The van der Waals surface area contributed by atoms with E-state index in [4.69, 9.17) is 16.3 Å². The van der Waals surface area contributed by atoms with Crippen molar-refractivity contribution in [1.29, 1.82) is 0 Å². The molecule has 6 nitrogen and oxygen atoms in total. The van der Waals surface area contributed by atoms with Crippen LogP contribution in [0.3, 0.4) is 0 Å². The van der Waals surface area contributed by atoms with Gasteiger partial charge < -0.3 is 9.64 Å². The summed E-state index contributed by atoms with van der Waals surface area (Å²) >= 11 is 7.51. The number of hydrogen-bond acceptors (Lipinski definition) is 5. The molecule has 2 heterocycles. The summed E-state index contributed by atoms with van der Waals surface area (Å²) < 4.78 is 6.02. The number of anilines is 1. The first-order valence-corrected chi connectivity index (χ1v) is 13.9. The zero-order chi connectivity index (χ0) is 25.4. The summed E-state index contributed by atoms with van der Waals surface area (Å²) in [6.07, 6.45) is 2.78. The first-order chi connectivity index (χ1) is 18.1. The summed E-state index contributed by atoms with van der Waals surface area (Å²) in [5.74, 6) is 0.0508. The van der Waals surface area contributed by atoms with Crippen molar-refractivity contribution in [3.63, 3.8) is 0 Å². The van der Waals surface area contributed by atoms with Crippen LogP contribution in [-0.4, -0.2) is 47.9 Å². The molecule has 37 heavy (non-hydrogen) atoms. The van der Waals surface area contributed by atoms with Crippen LogP contribution in [0.4, 0.5) is 5.69 Å². The van der Waals surface area contributed by atoms with Gasteiger partial charge in [-0.3, -0.25) is 15.0 Å². The molecule has 0 bridgehead atoms. The lowest BCUT2D eigenvalue weighted by atomic mass is 9.97. The lowest BCUT2D eigenvalue weighted by Crippen LogP contribution is -2.43. The number of thioether (sulfide) groups is 1. The fraction of sp³-hybridized carbons (Fsp3) is 0.310. The summed E-state index contributed by atoms with van der Waals surface area (Å²) in [7, 11) is 0. The van der Waals surface area contributed by atoms with Crippen LogP contribution in [0, 0.1) is 5.92 Å². The quantitative estimate of drug-likeness (QED) is 0.429. The Morgan fingerprint density at radius 3 is 2.49 bits per heavy atom. The van der Waals surface area contributed by atoms with E-state index in [0.717, 1.165) is 36.5 Å². The van der Waals surface area contributed by atoms with E-state index >= 15 is 0 Å². The van der Waals surface area contributed by atoms with E-state index in [9.17, 15) is 9.59 Å². The lowest BCUT2D eigenvalue weighted by molar-refractivity contribution is -0.131. The molecule has 3 aromatic rings. The van der Waals surface area contributed by atoms with Crippen molar-refractivity contribution in [3.8, 4) is 0 Å². The maximum atomic E-state index is 13.7. The zero-order valence-corrected chi connectivity index (χ0v) is 21.8. The number of carbonyl (C=O) groups is 2. The second-order valence-electron chi connectivity index (χ2n) is 9.71. The first-order valence-electron chi connectivity index (χ1n) is 12.6. The van der Waals surface area contributed by atoms with E-state index in [1.165, 1.54) is 29.6 Å². The highest BCUT2D eigenvalue weighted by Crippen LogP contribution is 2.39. The number of hydrogen-bond donors (Lipinski definition) is 1. The highest BCUT2D eigenvalue weighted by atomic mass is 35.5. The molecule has 2 aliphatic heterocycles. The Labute approximate surface area is 225 Å². The monoisotopic (exact) mass is 533 g/mol. The molecule has 6 rings (SSSR count). The van der Waals surface area contributed by atoms with Gasteiger partial charge in [0.15, 0.2) is 5.25 Å². The molecule has 8 heteroatoms. The van der Waals surface area contributed by atoms with Crippen molar-refractivity contribution in [1.82, 2.24) is 10.4 Å². The van der Waals surface area contributed by atoms with E-state index < -0.39 is 11.3 Å². The summed E-state index contributed by atoms with van der Waals surface area (Å²) in [4.78, 5) is 29.8. The van der Waals surface area contributed by atoms with Gasteiger partial charge in [0.25, 0.3) is 11.8 Å². The second kappa shape index (κ2) is 10.4. The average Bonchev–Trinajstić information content (AvgIpc) is 3.75. The number of halogens is 1. The molecule has 1 aliphatic carbocycles. The summed E-state index contributed by atoms with van der Waals surface area (Å²) in [6, 6.07) is 24.9. The Hall–Kier alpha value is -3.00. The minimum absolute atomic E-state index is 0.282. The van der Waals surface area contributed by atoms with E-state index in [1.54, 1.807) is 6.07 Å². The Kier molecular flexibility index (Phi) is 6.84. The minimum Gasteiger partial charge on any atom is -0.374 e. The predicted molar refractivity (Wildman–Crippen MR) is 145 cm³/mol. The second-order valence-corrected chi connectivity index (χ2v) is 11.3. The highest BCUT2D eigenvalue weighted by Gasteiger charge is 2.44. The van der Waals surface area contributed by atoms with Crippen LogP contribution >= 0.6 is 23.4 Å². The molecule has 1 N–H and O–H groups in total. The maximum Gasteiger partial charge on any atom is 0.265 e. The molecule has 1 saturated carbocycles. The molecule has 2 amide bonds. The number of carbonyl (C=O) groups excluding carboxylic acids is 2. The van der Waals surface area contributed by atoms with Gasteiger partial charge in [-0.2, -0.15) is 0 Å². The third-order valence-corrected chi connectivity index (χ3v) is 8.88. The van der Waals surface area contributed by atoms with Crippen molar-refractivity contribution >= 4 is 40.9 Å². The number of ether oxygens (including phenoxy) is 1. The lowest BCUT2D eigenvalue weighted by Gasteiger charge is -2.35. The topological polar surface area (TPSA) is 61.9 Å². The fourth-order valence-electron chi connectivity index (χ4n) is 5.11. The largest absolute Gasteiger partial charge is 0.374 e. The molecule has 3 aliphatic rings. The van der Waals surface area contributed by atoms with Gasteiger partial charge in [0.1, 0.15) is 6.04 Å². The van der Waals surface area contributed by atoms with Gasteiger partial charge in [-0.05, 0) is 54.2 Å². The maximum absolute atomic E-state index is 13.7. The molecule has 0 radical (unpaired) electrons. The molecule has 3 aromatic carbocycles. The van der Waals surface area contributed by atoms with Crippen LogP contribution in [0.1, 0.15) is 30.0 Å². The van der Waals surface area contributed by atoms with Crippen LogP contribution in [0.2, 0.25) is 5.02 Å². The molecule has 2 saturated heterocycles. The van der Waals surface area contributed by atoms with Gasteiger partial charge in [-0.1, -0.05) is 66.2 Å². The van der Waals surface area contributed by atoms with Crippen LogP contribution in [0.5, 0.6) is 0 Å². The van der Waals surface area contributed by atoms with Crippen LogP contribution in [0.15, 0.2) is 83.8 Å². The third kappa shape index (κ3) is 5.08. The minimum atomic E-state index is -0.909. The molecule has 0 aromatic heterocycles. The fourth-order valence-corrected chi connectivity index (χ4v) is 6.35. The van der Waals surface area contributed by atoms with Gasteiger partial charge in [-0.25, -0.2) is 5.01 Å². The van der Waals surface area contributed by atoms with E-state index in [2.05, 4.69) is 22.5 Å². The first kappa shape index (κ1) is 24.3. The summed E-state index contributed by atoms with van der Waals surface area (Å²) in [6.45, 7) is 2.42. The van der Waals surface area contributed by atoms with Gasteiger partial charge in [0.2, 0.25) is 0 Å². The van der Waals surface area contributed by atoms with Crippen molar-refractivity contribution in [2.24, 2.45) is 5.92 Å². The molecule has 3 unspecified atom stereocenters. The molecular formula is C29H28ClN3O3S.